The van der Waals surface area contributed by atoms with Crippen molar-refractivity contribution in [2.45, 2.75) is 19.3 Å². The van der Waals surface area contributed by atoms with Gasteiger partial charge < -0.3 is 0 Å². The van der Waals surface area contributed by atoms with Crippen molar-refractivity contribution in [2.24, 2.45) is 0 Å². The number of rotatable bonds is 1. The Morgan fingerprint density at radius 3 is 2.61 bits per heavy atom. The van der Waals surface area contributed by atoms with Gasteiger partial charge in [-0.05, 0) is 19.3 Å². The van der Waals surface area contributed by atoms with Gasteiger partial charge in [0.1, 0.15) is 18.7 Å². The van der Waals surface area contributed by atoms with Crippen molar-refractivity contribution in [1.82, 2.24) is 10.0 Å². The van der Waals surface area contributed by atoms with Gasteiger partial charge in [0, 0.05) is 18.2 Å². The van der Waals surface area contributed by atoms with Crippen molar-refractivity contribution in [1.29, 1.82) is 0 Å². The molecule has 0 aromatic heterocycles. The zero-order chi connectivity index (χ0) is 12.8. The third kappa shape index (κ3) is 1.49. The lowest BCUT2D eigenvalue weighted by Gasteiger charge is -2.35. The lowest BCUT2D eigenvalue weighted by molar-refractivity contribution is -0.384. The highest BCUT2D eigenvalue weighted by Crippen LogP contribution is 2.36. The fourth-order valence-corrected chi connectivity index (χ4v) is 2.91. The molecule has 0 radical (unpaired) electrons. The second-order valence-corrected chi connectivity index (χ2v) is 4.88. The quantitative estimate of drug-likeness (QED) is 0.467. The summed E-state index contributed by atoms with van der Waals surface area (Å²) < 4.78 is 0.464. The minimum absolute atomic E-state index is 0.0269. The van der Waals surface area contributed by atoms with Crippen LogP contribution < -0.4 is 10.0 Å². The number of nitrogens with zero attached hydrogens (tertiary/aromatic N) is 2. The number of fused-ring (bicyclic) bond motifs is 2. The number of amides is 1. The predicted octanol–water partition coefficient (Wildman–Crippen LogP) is 1.74. The van der Waals surface area contributed by atoms with E-state index in [-0.39, 0.29) is 11.6 Å². The molecule has 6 nitrogen and oxygen atoms in total. The lowest BCUT2D eigenvalue weighted by Crippen LogP contribution is -2.60. The Kier molecular flexibility index (Phi) is 2.34. The van der Waals surface area contributed by atoms with Crippen LogP contribution in [0.3, 0.4) is 0 Å². The van der Waals surface area contributed by atoms with Crippen LogP contribution >= 0.6 is 0 Å². The molecular weight excluding hydrogens is 234 g/mol. The molecule has 0 atom stereocenters. The third-order valence-corrected chi connectivity index (χ3v) is 3.79. The van der Waals surface area contributed by atoms with Crippen LogP contribution in [0.2, 0.25) is 0 Å². The molecule has 1 fully saturated rings. The largest absolute Gasteiger partial charge is 0.302 e. The monoisotopic (exact) mass is 248 g/mol. The first-order valence-corrected chi connectivity index (χ1v) is 6.11. The summed E-state index contributed by atoms with van der Waals surface area (Å²) in [5.74, 6) is -0.199. The Hall–Kier alpha value is -1.95. The standard InChI is InChI=1S/C12H13N3O3/c16-12-10-8-9(14(17)18)4-5-11(10)15(13-12)6-2-1-3-7-15/h4-5,8H,1-3,6-7H2/p+1. The predicted molar refractivity (Wildman–Crippen MR) is 65.9 cm³/mol. The second-order valence-electron chi connectivity index (χ2n) is 4.88. The third-order valence-electron chi connectivity index (χ3n) is 3.79. The summed E-state index contributed by atoms with van der Waals surface area (Å²) in [5.41, 5.74) is 4.28. The van der Waals surface area contributed by atoms with E-state index in [0.717, 1.165) is 31.6 Å². The van der Waals surface area contributed by atoms with Gasteiger partial charge in [0.25, 0.3) is 5.69 Å². The molecule has 2 heterocycles. The van der Waals surface area contributed by atoms with Crippen LogP contribution in [0.15, 0.2) is 18.2 Å². The second kappa shape index (κ2) is 3.78. The number of quaternary nitrogens is 1. The molecule has 1 amide bonds. The van der Waals surface area contributed by atoms with Crippen molar-refractivity contribution in [3.05, 3.63) is 33.9 Å². The first kappa shape index (κ1) is 11.2. The molecule has 18 heavy (non-hydrogen) atoms. The first-order chi connectivity index (χ1) is 8.62. The minimum Gasteiger partial charge on any atom is -0.264 e. The van der Waals surface area contributed by atoms with E-state index in [1.54, 1.807) is 6.07 Å². The summed E-state index contributed by atoms with van der Waals surface area (Å²) in [6.07, 6.45) is 3.31. The Morgan fingerprint density at radius 1 is 1.22 bits per heavy atom. The molecule has 1 aromatic rings. The zero-order valence-electron chi connectivity index (χ0n) is 9.89. The van der Waals surface area contributed by atoms with Crippen molar-refractivity contribution in [3.8, 4) is 0 Å². The van der Waals surface area contributed by atoms with E-state index in [0.29, 0.717) is 10.2 Å². The molecule has 94 valence electrons. The van der Waals surface area contributed by atoms with Crippen LogP contribution in [0.25, 0.3) is 0 Å². The molecule has 1 N–H and O–H groups in total. The number of nitrogens with one attached hydrogen (secondary N) is 1. The number of hydrogen-bond donors (Lipinski definition) is 1. The van der Waals surface area contributed by atoms with Crippen molar-refractivity contribution in [2.75, 3.05) is 13.1 Å². The number of nitro benzene ring substituents is 1. The molecule has 0 saturated carbocycles. The van der Waals surface area contributed by atoms with Crippen LogP contribution in [0.1, 0.15) is 29.6 Å². The van der Waals surface area contributed by atoms with Crippen LogP contribution in [0.4, 0.5) is 11.4 Å². The zero-order valence-corrected chi connectivity index (χ0v) is 9.89. The number of benzene rings is 1. The lowest BCUT2D eigenvalue weighted by atomic mass is 10.1. The number of carbonyl (C=O) groups is 1. The molecule has 2 aliphatic heterocycles. The Bertz CT molecular complexity index is 535. The van der Waals surface area contributed by atoms with Gasteiger partial charge >= 0.3 is 5.91 Å². The summed E-state index contributed by atoms with van der Waals surface area (Å²) >= 11 is 0. The van der Waals surface area contributed by atoms with E-state index < -0.39 is 4.92 Å². The normalized spacial score (nSPS) is 20.6. The fraction of sp³-hybridized carbons (Fsp3) is 0.417. The maximum absolute atomic E-state index is 12.0. The van der Waals surface area contributed by atoms with E-state index in [9.17, 15) is 14.9 Å². The molecule has 3 rings (SSSR count). The number of nitro groups is 1. The number of non-ortho nitro benzene ring substituents is 1. The van der Waals surface area contributed by atoms with Gasteiger partial charge in [0.2, 0.25) is 0 Å². The van der Waals surface area contributed by atoms with E-state index in [1.807, 2.05) is 0 Å². The average Bonchev–Trinajstić information content (AvgIpc) is 2.63. The molecule has 0 bridgehead atoms. The summed E-state index contributed by atoms with van der Waals surface area (Å²) in [6.45, 7) is 1.74. The first-order valence-electron chi connectivity index (χ1n) is 6.11. The summed E-state index contributed by atoms with van der Waals surface area (Å²) in [4.78, 5) is 22.2. The van der Waals surface area contributed by atoms with Crippen molar-refractivity contribution < 1.29 is 9.72 Å². The molecular formula is C12H14N3O3+. The van der Waals surface area contributed by atoms with Gasteiger partial charge in [-0.15, -0.1) is 0 Å². The van der Waals surface area contributed by atoms with Crippen LogP contribution in [-0.2, 0) is 0 Å². The summed E-state index contributed by atoms with van der Waals surface area (Å²) in [7, 11) is 0. The highest BCUT2D eigenvalue weighted by molar-refractivity contribution is 6.04. The number of hydrogen-bond acceptors (Lipinski definition) is 3. The molecule has 1 aromatic carbocycles. The van der Waals surface area contributed by atoms with Crippen LogP contribution in [0.5, 0.6) is 0 Å². The molecule has 6 heteroatoms. The Labute approximate surface area is 104 Å². The fourth-order valence-electron chi connectivity index (χ4n) is 2.91. The van der Waals surface area contributed by atoms with E-state index in [4.69, 9.17) is 0 Å². The van der Waals surface area contributed by atoms with Crippen molar-refractivity contribution in [3.63, 3.8) is 0 Å². The van der Waals surface area contributed by atoms with Crippen LogP contribution in [-0.4, -0.2) is 23.9 Å². The molecule has 0 aliphatic carbocycles. The van der Waals surface area contributed by atoms with Gasteiger partial charge in [-0.3, -0.25) is 14.9 Å². The average molecular weight is 248 g/mol. The number of piperidine rings is 1. The van der Waals surface area contributed by atoms with Crippen LogP contribution in [0, 0.1) is 10.1 Å². The van der Waals surface area contributed by atoms with Gasteiger partial charge in [-0.25, -0.2) is 0 Å². The number of carbonyl (C=O) groups excluding carboxylic acids is 1. The smallest absolute Gasteiger partial charge is 0.264 e. The SMILES string of the molecule is O=C1N[N+]2(CCCCC2)c2ccc([N+](=O)[O-])cc21. The molecule has 1 spiro atoms. The maximum Gasteiger partial charge on any atom is 0.302 e. The van der Waals surface area contributed by atoms with Gasteiger partial charge in [0.05, 0.1) is 4.92 Å². The molecule has 2 aliphatic rings. The topological polar surface area (TPSA) is 72.2 Å². The van der Waals surface area contributed by atoms with Gasteiger partial charge in [-0.1, -0.05) is 0 Å². The summed E-state index contributed by atoms with van der Waals surface area (Å²) in [5, 5.41) is 10.7. The minimum atomic E-state index is -0.466. The molecule has 1 saturated heterocycles. The highest BCUT2D eigenvalue weighted by atomic mass is 16.6. The highest BCUT2D eigenvalue weighted by Gasteiger charge is 2.45. The van der Waals surface area contributed by atoms with E-state index >= 15 is 0 Å². The maximum atomic E-state index is 12.0. The Morgan fingerprint density at radius 2 is 1.94 bits per heavy atom. The van der Waals surface area contributed by atoms with E-state index in [2.05, 4.69) is 5.43 Å². The van der Waals surface area contributed by atoms with Gasteiger partial charge in [-0.2, -0.15) is 10.0 Å². The van der Waals surface area contributed by atoms with Gasteiger partial charge in [0.15, 0.2) is 5.69 Å². The van der Waals surface area contributed by atoms with Crippen molar-refractivity contribution >= 4 is 17.3 Å². The van der Waals surface area contributed by atoms with E-state index in [1.165, 1.54) is 18.6 Å². The summed E-state index contributed by atoms with van der Waals surface area (Å²) in [6, 6.07) is 4.58. The molecule has 0 unspecified atom stereocenters. The Balaban J connectivity index is 2.08.